The highest BCUT2D eigenvalue weighted by Crippen LogP contribution is 2.30. The van der Waals surface area contributed by atoms with E-state index < -0.39 is 0 Å². The highest BCUT2D eigenvalue weighted by atomic mass is 35.5. The molecule has 1 fully saturated rings. The number of hydrogen-bond donors (Lipinski definition) is 1. The van der Waals surface area contributed by atoms with Gasteiger partial charge in [0, 0.05) is 18.0 Å². The predicted molar refractivity (Wildman–Crippen MR) is 94.0 cm³/mol. The lowest BCUT2D eigenvalue weighted by atomic mass is 10.1. The smallest absolute Gasteiger partial charge is 0.257 e. The SMILES string of the molecule is COc1ccc(Cl)cc1NC(=O)c1ccccc1N1CCCC1=O. The summed E-state index contributed by atoms with van der Waals surface area (Å²) in [5, 5.41) is 3.31. The Morgan fingerprint density at radius 2 is 2.04 bits per heavy atom. The summed E-state index contributed by atoms with van der Waals surface area (Å²) in [4.78, 5) is 26.4. The molecular weight excluding hydrogens is 328 g/mol. The Morgan fingerprint density at radius 3 is 2.75 bits per heavy atom. The van der Waals surface area contributed by atoms with E-state index in [-0.39, 0.29) is 11.8 Å². The highest BCUT2D eigenvalue weighted by Gasteiger charge is 2.25. The summed E-state index contributed by atoms with van der Waals surface area (Å²) >= 11 is 6.00. The van der Waals surface area contributed by atoms with Crippen molar-refractivity contribution in [3.63, 3.8) is 0 Å². The van der Waals surface area contributed by atoms with Crippen LogP contribution in [0.25, 0.3) is 0 Å². The molecule has 1 N–H and O–H groups in total. The van der Waals surface area contributed by atoms with Crippen LogP contribution in [-0.2, 0) is 4.79 Å². The van der Waals surface area contributed by atoms with Gasteiger partial charge in [-0.15, -0.1) is 0 Å². The van der Waals surface area contributed by atoms with Crippen molar-refractivity contribution in [2.75, 3.05) is 23.9 Å². The molecule has 0 spiro atoms. The maximum atomic E-state index is 12.7. The van der Waals surface area contributed by atoms with E-state index in [1.54, 1.807) is 41.3 Å². The number of ether oxygens (including phenoxy) is 1. The number of rotatable bonds is 4. The quantitative estimate of drug-likeness (QED) is 0.919. The Morgan fingerprint density at radius 1 is 1.25 bits per heavy atom. The summed E-state index contributed by atoms with van der Waals surface area (Å²) in [6, 6.07) is 12.1. The lowest BCUT2D eigenvalue weighted by Gasteiger charge is -2.19. The van der Waals surface area contributed by atoms with Crippen LogP contribution in [0, 0.1) is 0 Å². The summed E-state index contributed by atoms with van der Waals surface area (Å²) in [6.45, 7) is 0.629. The van der Waals surface area contributed by atoms with Crippen LogP contribution in [0.2, 0.25) is 5.02 Å². The van der Waals surface area contributed by atoms with Crippen molar-refractivity contribution >= 4 is 34.8 Å². The van der Waals surface area contributed by atoms with Crippen LogP contribution < -0.4 is 15.0 Å². The lowest BCUT2D eigenvalue weighted by Crippen LogP contribution is -2.27. The van der Waals surface area contributed by atoms with Crippen molar-refractivity contribution in [3.05, 3.63) is 53.1 Å². The number of benzene rings is 2. The normalized spacial score (nSPS) is 13.9. The lowest BCUT2D eigenvalue weighted by molar-refractivity contribution is -0.117. The van der Waals surface area contributed by atoms with Gasteiger partial charge < -0.3 is 15.0 Å². The molecule has 1 aliphatic heterocycles. The molecule has 1 aliphatic rings. The molecular formula is C18H17ClN2O3. The number of anilines is 2. The van der Waals surface area contributed by atoms with Crippen molar-refractivity contribution in [2.24, 2.45) is 0 Å². The minimum atomic E-state index is -0.314. The molecule has 0 radical (unpaired) electrons. The fourth-order valence-corrected chi connectivity index (χ4v) is 2.94. The van der Waals surface area contributed by atoms with Crippen molar-refractivity contribution in [3.8, 4) is 5.75 Å². The molecule has 0 bridgehead atoms. The Kier molecular flexibility index (Phi) is 4.71. The third kappa shape index (κ3) is 3.21. The first-order valence-electron chi connectivity index (χ1n) is 7.64. The van der Waals surface area contributed by atoms with Crippen molar-refractivity contribution in [2.45, 2.75) is 12.8 Å². The van der Waals surface area contributed by atoms with E-state index in [1.807, 2.05) is 6.07 Å². The van der Waals surface area contributed by atoms with Gasteiger partial charge in [-0.25, -0.2) is 0 Å². The molecule has 0 aliphatic carbocycles. The molecule has 3 rings (SSSR count). The molecule has 0 unspecified atom stereocenters. The maximum absolute atomic E-state index is 12.7. The Bertz CT molecular complexity index is 792. The van der Waals surface area contributed by atoms with Crippen LogP contribution in [0.15, 0.2) is 42.5 Å². The van der Waals surface area contributed by atoms with Gasteiger partial charge in [-0.3, -0.25) is 9.59 Å². The number of amides is 2. The van der Waals surface area contributed by atoms with Crippen molar-refractivity contribution in [1.82, 2.24) is 0 Å². The first-order valence-corrected chi connectivity index (χ1v) is 8.02. The number of halogens is 1. The number of methoxy groups -OCH3 is 1. The first kappa shape index (κ1) is 16.3. The van der Waals surface area contributed by atoms with E-state index in [9.17, 15) is 9.59 Å². The molecule has 1 saturated heterocycles. The zero-order chi connectivity index (χ0) is 17.1. The van der Waals surface area contributed by atoms with Crippen LogP contribution in [-0.4, -0.2) is 25.5 Å². The minimum Gasteiger partial charge on any atom is -0.495 e. The van der Waals surface area contributed by atoms with E-state index in [1.165, 1.54) is 7.11 Å². The molecule has 2 aromatic carbocycles. The fourth-order valence-electron chi connectivity index (χ4n) is 2.77. The molecule has 0 aromatic heterocycles. The standard InChI is InChI=1S/C18H17ClN2O3/c1-24-16-9-8-12(19)11-14(16)20-18(23)13-5-2-3-6-15(13)21-10-4-7-17(21)22/h2-3,5-6,8-9,11H,4,7,10H2,1H3,(H,20,23). The zero-order valence-electron chi connectivity index (χ0n) is 13.2. The Labute approximate surface area is 145 Å². The third-order valence-electron chi connectivity index (χ3n) is 3.92. The molecule has 6 heteroatoms. The second kappa shape index (κ2) is 6.93. The molecule has 2 aromatic rings. The molecule has 24 heavy (non-hydrogen) atoms. The molecule has 5 nitrogen and oxygen atoms in total. The molecule has 0 atom stereocenters. The average molecular weight is 345 g/mol. The average Bonchev–Trinajstić information content (AvgIpc) is 3.01. The van der Waals surface area contributed by atoms with E-state index in [2.05, 4.69) is 5.32 Å². The monoisotopic (exact) mass is 344 g/mol. The highest BCUT2D eigenvalue weighted by molar-refractivity contribution is 6.31. The Balaban J connectivity index is 1.91. The largest absolute Gasteiger partial charge is 0.495 e. The van der Waals surface area contributed by atoms with Gasteiger partial charge in [0.2, 0.25) is 5.91 Å². The summed E-state index contributed by atoms with van der Waals surface area (Å²) < 4.78 is 5.25. The van der Waals surface area contributed by atoms with Gasteiger partial charge in [-0.2, -0.15) is 0 Å². The number of para-hydroxylation sites is 1. The number of nitrogens with one attached hydrogen (secondary N) is 1. The van der Waals surface area contributed by atoms with Crippen LogP contribution in [0.4, 0.5) is 11.4 Å². The fraction of sp³-hybridized carbons (Fsp3) is 0.222. The van der Waals surface area contributed by atoms with Gasteiger partial charge in [0.05, 0.1) is 24.0 Å². The summed E-state index contributed by atoms with van der Waals surface area (Å²) in [5.74, 6) is 0.240. The van der Waals surface area contributed by atoms with Crippen LogP contribution in [0.5, 0.6) is 5.75 Å². The van der Waals surface area contributed by atoms with Gasteiger partial charge in [0.1, 0.15) is 5.75 Å². The van der Waals surface area contributed by atoms with Crippen LogP contribution in [0.3, 0.4) is 0 Å². The maximum Gasteiger partial charge on any atom is 0.257 e. The number of hydrogen-bond acceptors (Lipinski definition) is 3. The summed E-state index contributed by atoms with van der Waals surface area (Å²) in [5.41, 5.74) is 1.55. The molecule has 124 valence electrons. The number of carbonyl (C=O) groups is 2. The minimum absolute atomic E-state index is 0.0376. The van der Waals surface area contributed by atoms with Crippen LogP contribution >= 0.6 is 11.6 Å². The predicted octanol–water partition coefficient (Wildman–Crippen LogP) is 3.73. The third-order valence-corrected chi connectivity index (χ3v) is 4.16. The van der Waals surface area contributed by atoms with Gasteiger partial charge >= 0.3 is 0 Å². The van der Waals surface area contributed by atoms with Gasteiger partial charge in [-0.1, -0.05) is 23.7 Å². The Hall–Kier alpha value is -2.53. The van der Waals surface area contributed by atoms with Gasteiger partial charge in [0.15, 0.2) is 0 Å². The first-order chi connectivity index (χ1) is 11.6. The number of carbonyl (C=O) groups excluding carboxylic acids is 2. The van der Waals surface area contributed by atoms with E-state index in [0.717, 1.165) is 6.42 Å². The molecule has 2 amide bonds. The summed E-state index contributed by atoms with van der Waals surface area (Å²) in [7, 11) is 1.52. The molecule has 1 heterocycles. The summed E-state index contributed by atoms with van der Waals surface area (Å²) in [6.07, 6.45) is 1.31. The molecule has 0 saturated carbocycles. The van der Waals surface area contributed by atoms with Crippen LogP contribution in [0.1, 0.15) is 23.2 Å². The zero-order valence-corrected chi connectivity index (χ0v) is 14.0. The van der Waals surface area contributed by atoms with E-state index in [0.29, 0.717) is 40.7 Å². The second-order valence-corrected chi connectivity index (χ2v) is 5.90. The van der Waals surface area contributed by atoms with Gasteiger partial charge in [0.25, 0.3) is 5.91 Å². The topological polar surface area (TPSA) is 58.6 Å². The van der Waals surface area contributed by atoms with Crippen molar-refractivity contribution < 1.29 is 14.3 Å². The van der Waals surface area contributed by atoms with Gasteiger partial charge in [-0.05, 0) is 36.8 Å². The van der Waals surface area contributed by atoms with E-state index >= 15 is 0 Å². The van der Waals surface area contributed by atoms with Crippen molar-refractivity contribution in [1.29, 1.82) is 0 Å². The van der Waals surface area contributed by atoms with E-state index in [4.69, 9.17) is 16.3 Å². The second-order valence-electron chi connectivity index (χ2n) is 5.46. The number of nitrogens with zero attached hydrogens (tertiary/aromatic N) is 1.